The minimum absolute atomic E-state index is 0. The van der Waals surface area contributed by atoms with Crippen molar-refractivity contribution in [1.29, 1.82) is 0 Å². The van der Waals surface area contributed by atoms with Gasteiger partial charge in [0.15, 0.2) is 0 Å². The van der Waals surface area contributed by atoms with Crippen LogP contribution in [0.4, 0.5) is 5.69 Å². The van der Waals surface area contributed by atoms with Crippen LogP contribution in [-0.2, 0) is 9.53 Å². The summed E-state index contributed by atoms with van der Waals surface area (Å²) in [4.78, 5) is 11.7. The molecule has 5 heteroatoms. The molecule has 1 unspecified atom stereocenters. The Morgan fingerprint density at radius 3 is 2.72 bits per heavy atom. The number of hydrogen-bond acceptors (Lipinski definition) is 3. The summed E-state index contributed by atoms with van der Waals surface area (Å²) in [6.45, 7) is 3.63. The number of amides is 1. The van der Waals surface area contributed by atoms with Crippen molar-refractivity contribution in [2.24, 2.45) is 0 Å². The second-order valence-electron chi connectivity index (χ2n) is 4.63. The number of anilines is 1. The van der Waals surface area contributed by atoms with Crippen LogP contribution >= 0.6 is 12.4 Å². The molecule has 18 heavy (non-hydrogen) atoms. The van der Waals surface area contributed by atoms with E-state index in [0.29, 0.717) is 13.2 Å². The summed E-state index contributed by atoms with van der Waals surface area (Å²) in [7, 11) is 0. The SMILES string of the molecule is CC1(NC(=O)CNc2ccccc2)CCOC1.Cl. The van der Waals surface area contributed by atoms with E-state index in [9.17, 15) is 4.79 Å². The van der Waals surface area contributed by atoms with E-state index in [-0.39, 0.29) is 23.9 Å². The van der Waals surface area contributed by atoms with E-state index >= 15 is 0 Å². The summed E-state index contributed by atoms with van der Waals surface area (Å²) < 4.78 is 5.29. The Morgan fingerprint density at radius 1 is 1.39 bits per heavy atom. The third-order valence-electron chi connectivity index (χ3n) is 2.89. The van der Waals surface area contributed by atoms with E-state index < -0.39 is 0 Å². The van der Waals surface area contributed by atoms with Gasteiger partial charge in [0.1, 0.15) is 0 Å². The zero-order valence-electron chi connectivity index (χ0n) is 10.4. The summed E-state index contributed by atoms with van der Waals surface area (Å²) in [6.07, 6.45) is 0.879. The first kappa shape index (κ1) is 14.8. The lowest BCUT2D eigenvalue weighted by molar-refractivity contribution is -0.121. The molecule has 100 valence electrons. The van der Waals surface area contributed by atoms with Gasteiger partial charge >= 0.3 is 0 Å². The van der Waals surface area contributed by atoms with Crippen molar-refractivity contribution in [3.05, 3.63) is 30.3 Å². The molecule has 1 aliphatic heterocycles. The number of rotatable bonds is 4. The third-order valence-corrected chi connectivity index (χ3v) is 2.89. The summed E-state index contributed by atoms with van der Waals surface area (Å²) >= 11 is 0. The Hall–Kier alpha value is -1.26. The van der Waals surface area contributed by atoms with Gasteiger partial charge in [0.25, 0.3) is 0 Å². The van der Waals surface area contributed by atoms with E-state index in [1.807, 2.05) is 37.3 Å². The largest absolute Gasteiger partial charge is 0.379 e. The van der Waals surface area contributed by atoms with Crippen LogP contribution in [-0.4, -0.2) is 31.2 Å². The van der Waals surface area contributed by atoms with Gasteiger partial charge in [0.2, 0.25) is 5.91 Å². The molecule has 4 nitrogen and oxygen atoms in total. The molecule has 0 radical (unpaired) electrons. The predicted octanol–water partition coefficient (Wildman–Crippen LogP) is 1.82. The molecule has 1 amide bonds. The lowest BCUT2D eigenvalue weighted by Gasteiger charge is -2.23. The van der Waals surface area contributed by atoms with Crippen molar-refractivity contribution in [3.8, 4) is 0 Å². The number of halogens is 1. The molecular weight excluding hydrogens is 252 g/mol. The molecule has 0 aliphatic carbocycles. The highest BCUT2D eigenvalue weighted by atomic mass is 35.5. The molecule has 2 N–H and O–H groups in total. The molecule has 1 atom stereocenters. The molecule has 0 aromatic heterocycles. The Bertz CT molecular complexity index is 378. The summed E-state index contributed by atoms with van der Waals surface area (Å²) in [5, 5.41) is 6.08. The second-order valence-corrected chi connectivity index (χ2v) is 4.63. The van der Waals surface area contributed by atoms with Gasteiger partial charge in [-0.2, -0.15) is 0 Å². The van der Waals surface area contributed by atoms with E-state index in [4.69, 9.17) is 4.74 Å². The number of nitrogens with one attached hydrogen (secondary N) is 2. The smallest absolute Gasteiger partial charge is 0.239 e. The third kappa shape index (κ3) is 4.20. The summed E-state index contributed by atoms with van der Waals surface area (Å²) in [6, 6.07) is 9.70. The van der Waals surface area contributed by atoms with Gasteiger partial charge in [-0.3, -0.25) is 4.79 Å². The highest BCUT2D eigenvalue weighted by Crippen LogP contribution is 2.17. The zero-order valence-corrected chi connectivity index (χ0v) is 11.3. The molecule has 1 aromatic carbocycles. The van der Waals surface area contributed by atoms with Crippen molar-refractivity contribution in [3.63, 3.8) is 0 Å². The van der Waals surface area contributed by atoms with Crippen molar-refractivity contribution in [2.75, 3.05) is 25.1 Å². The normalized spacial score (nSPS) is 22.1. The Labute approximate surface area is 114 Å². The minimum atomic E-state index is -0.199. The van der Waals surface area contributed by atoms with Crippen LogP contribution in [0.25, 0.3) is 0 Å². The average Bonchev–Trinajstić information content (AvgIpc) is 2.74. The predicted molar refractivity (Wildman–Crippen MR) is 74.2 cm³/mol. The van der Waals surface area contributed by atoms with E-state index in [1.165, 1.54) is 0 Å². The van der Waals surface area contributed by atoms with Crippen molar-refractivity contribution < 1.29 is 9.53 Å². The average molecular weight is 271 g/mol. The van der Waals surface area contributed by atoms with E-state index in [2.05, 4.69) is 10.6 Å². The molecular formula is C13H19ClN2O2. The van der Waals surface area contributed by atoms with Gasteiger partial charge in [0, 0.05) is 12.3 Å². The van der Waals surface area contributed by atoms with Crippen LogP contribution in [0.2, 0.25) is 0 Å². The van der Waals surface area contributed by atoms with Crippen LogP contribution < -0.4 is 10.6 Å². The molecule has 1 saturated heterocycles. The number of ether oxygens (including phenoxy) is 1. The highest BCUT2D eigenvalue weighted by Gasteiger charge is 2.30. The first-order valence-corrected chi connectivity index (χ1v) is 5.86. The minimum Gasteiger partial charge on any atom is -0.379 e. The lowest BCUT2D eigenvalue weighted by Crippen LogP contribution is -2.48. The molecule has 1 aromatic rings. The van der Waals surface area contributed by atoms with Crippen LogP contribution in [0.1, 0.15) is 13.3 Å². The fraction of sp³-hybridized carbons (Fsp3) is 0.462. The van der Waals surface area contributed by atoms with E-state index in [0.717, 1.165) is 18.7 Å². The lowest BCUT2D eigenvalue weighted by atomic mass is 10.0. The molecule has 2 rings (SSSR count). The van der Waals surface area contributed by atoms with Crippen molar-refractivity contribution in [1.82, 2.24) is 5.32 Å². The van der Waals surface area contributed by atoms with Crippen LogP contribution in [0, 0.1) is 0 Å². The fourth-order valence-electron chi connectivity index (χ4n) is 1.88. The summed E-state index contributed by atoms with van der Waals surface area (Å²) in [5.41, 5.74) is 0.755. The Morgan fingerprint density at radius 2 is 2.11 bits per heavy atom. The van der Waals surface area contributed by atoms with Crippen LogP contribution in [0.15, 0.2) is 30.3 Å². The maximum absolute atomic E-state index is 11.7. The van der Waals surface area contributed by atoms with Gasteiger partial charge in [0.05, 0.1) is 18.7 Å². The van der Waals surface area contributed by atoms with Crippen molar-refractivity contribution in [2.45, 2.75) is 18.9 Å². The molecule has 1 heterocycles. The molecule has 0 spiro atoms. The first-order chi connectivity index (χ1) is 8.18. The van der Waals surface area contributed by atoms with E-state index in [1.54, 1.807) is 0 Å². The Balaban J connectivity index is 0.00000162. The maximum atomic E-state index is 11.7. The number of benzene rings is 1. The fourth-order valence-corrected chi connectivity index (χ4v) is 1.88. The number of carbonyl (C=O) groups excluding carboxylic acids is 1. The summed E-state index contributed by atoms with van der Waals surface area (Å²) in [5.74, 6) is 0.00172. The standard InChI is InChI=1S/C13H18N2O2.ClH/c1-13(7-8-17-10-13)15-12(16)9-14-11-5-3-2-4-6-11;/h2-6,14H,7-10H2,1H3,(H,15,16);1H. The van der Waals surface area contributed by atoms with Gasteiger partial charge < -0.3 is 15.4 Å². The highest BCUT2D eigenvalue weighted by molar-refractivity contribution is 5.85. The molecule has 1 aliphatic rings. The van der Waals surface area contributed by atoms with Crippen LogP contribution in [0.3, 0.4) is 0 Å². The van der Waals surface area contributed by atoms with Gasteiger partial charge in [-0.25, -0.2) is 0 Å². The topological polar surface area (TPSA) is 50.4 Å². The molecule has 0 bridgehead atoms. The second kappa shape index (κ2) is 6.61. The first-order valence-electron chi connectivity index (χ1n) is 5.86. The quantitative estimate of drug-likeness (QED) is 0.877. The zero-order chi connectivity index (χ0) is 12.1. The number of para-hydroxylation sites is 1. The Kier molecular flexibility index (Phi) is 5.44. The number of carbonyl (C=O) groups is 1. The van der Waals surface area contributed by atoms with Gasteiger partial charge in [-0.1, -0.05) is 18.2 Å². The van der Waals surface area contributed by atoms with Gasteiger partial charge in [-0.15, -0.1) is 12.4 Å². The molecule has 1 fully saturated rings. The number of hydrogen-bond donors (Lipinski definition) is 2. The van der Waals surface area contributed by atoms with Crippen molar-refractivity contribution >= 4 is 24.0 Å². The van der Waals surface area contributed by atoms with Gasteiger partial charge in [-0.05, 0) is 25.5 Å². The van der Waals surface area contributed by atoms with Crippen LogP contribution in [0.5, 0.6) is 0 Å². The maximum Gasteiger partial charge on any atom is 0.239 e. The monoisotopic (exact) mass is 270 g/mol. The molecule has 0 saturated carbocycles.